The molecule has 0 N–H and O–H groups in total. The topological polar surface area (TPSA) is 26.0 Å². The third-order valence-corrected chi connectivity index (χ3v) is 1.10. The van der Waals surface area contributed by atoms with Crippen LogP contribution < -0.4 is 0 Å². The maximum atomic E-state index is 5.84. The first kappa shape index (κ1) is 6.62. The van der Waals surface area contributed by atoms with Crippen LogP contribution in [0.2, 0.25) is 0 Å². The molecule has 0 bridgehead atoms. The van der Waals surface area contributed by atoms with Gasteiger partial charge in [-0.05, 0) is 13.8 Å². The first-order valence-electron chi connectivity index (χ1n) is 2.69. The van der Waals surface area contributed by atoms with E-state index in [2.05, 4.69) is 4.98 Å². The number of oxazole rings is 1. The minimum Gasteiger partial charge on any atom is -0.447 e. The van der Waals surface area contributed by atoms with Crippen molar-refractivity contribution in [3.05, 3.63) is 18.4 Å². The molecule has 9 heavy (non-hydrogen) atoms. The van der Waals surface area contributed by atoms with Crippen molar-refractivity contribution in [2.24, 2.45) is 0 Å². The molecule has 0 aliphatic heterocycles. The molecule has 0 aromatic carbocycles. The van der Waals surface area contributed by atoms with E-state index in [0.29, 0.717) is 5.89 Å². The summed E-state index contributed by atoms with van der Waals surface area (Å²) in [5.74, 6) is 0.559. The van der Waals surface area contributed by atoms with Gasteiger partial charge in [0.15, 0.2) is 0 Å². The Morgan fingerprint density at radius 3 is 2.56 bits per heavy atom. The minimum atomic E-state index is -0.483. The van der Waals surface area contributed by atoms with E-state index in [1.165, 1.54) is 6.26 Å². The molecule has 0 unspecified atom stereocenters. The van der Waals surface area contributed by atoms with Crippen LogP contribution in [-0.2, 0) is 4.87 Å². The molecule has 3 heteroatoms. The summed E-state index contributed by atoms with van der Waals surface area (Å²) in [6.45, 7) is 3.67. The number of hydrogen-bond donors (Lipinski definition) is 0. The second-order valence-electron chi connectivity index (χ2n) is 2.31. The number of nitrogens with zero attached hydrogens (tertiary/aromatic N) is 1. The standard InChI is InChI=1S/C6H8ClNO/c1-6(2,7)5-8-3-4-9-5/h3-4H,1-2H3. The third kappa shape index (κ3) is 1.45. The highest BCUT2D eigenvalue weighted by Crippen LogP contribution is 2.25. The Bertz CT molecular complexity index is 175. The number of halogens is 1. The largest absolute Gasteiger partial charge is 0.447 e. The molecule has 0 fully saturated rings. The van der Waals surface area contributed by atoms with E-state index in [9.17, 15) is 0 Å². The van der Waals surface area contributed by atoms with Crippen molar-refractivity contribution in [2.45, 2.75) is 18.7 Å². The molecule has 0 saturated heterocycles. The minimum absolute atomic E-state index is 0.483. The second-order valence-corrected chi connectivity index (χ2v) is 3.25. The fraction of sp³-hybridized carbons (Fsp3) is 0.500. The van der Waals surface area contributed by atoms with Crippen molar-refractivity contribution in [3.63, 3.8) is 0 Å². The molecular weight excluding hydrogens is 138 g/mol. The van der Waals surface area contributed by atoms with E-state index in [0.717, 1.165) is 0 Å². The molecule has 50 valence electrons. The lowest BCUT2D eigenvalue weighted by atomic mass is 10.2. The van der Waals surface area contributed by atoms with Crippen molar-refractivity contribution >= 4 is 11.6 Å². The van der Waals surface area contributed by atoms with Crippen LogP contribution in [0.5, 0.6) is 0 Å². The monoisotopic (exact) mass is 145 g/mol. The highest BCUT2D eigenvalue weighted by atomic mass is 35.5. The Labute approximate surface area is 58.8 Å². The maximum Gasteiger partial charge on any atom is 0.214 e. The van der Waals surface area contributed by atoms with Gasteiger partial charge in [-0.15, -0.1) is 11.6 Å². The average Bonchev–Trinajstić information content (AvgIpc) is 2.08. The van der Waals surface area contributed by atoms with Crippen molar-refractivity contribution in [1.82, 2.24) is 4.98 Å². The number of alkyl halides is 1. The number of aromatic nitrogens is 1. The zero-order chi connectivity index (χ0) is 6.91. The Kier molecular flexibility index (Phi) is 1.49. The van der Waals surface area contributed by atoms with Crippen LogP contribution in [0.15, 0.2) is 16.9 Å². The molecule has 0 aliphatic carbocycles. The summed E-state index contributed by atoms with van der Waals surface area (Å²) in [7, 11) is 0. The van der Waals surface area contributed by atoms with Gasteiger partial charge in [0.1, 0.15) is 11.1 Å². The summed E-state index contributed by atoms with van der Waals surface area (Å²) in [5.41, 5.74) is 0. The lowest BCUT2D eigenvalue weighted by molar-refractivity contribution is 0.447. The van der Waals surface area contributed by atoms with Gasteiger partial charge in [-0.1, -0.05) is 0 Å². The molecular formula is C6H8ClNO. The molecule has 1 aromatic heterocycles. The molecule has 1 aromatic rings. The molecule has 0 atom stereocenters. The molecule has 0 saturated carbocycles. The molecule has 1 heterocycles. The first-order valence-corrected chi connectivity index (χ1v) is 3.07. The highest BCUT2D eigenvalue weighted by molar-refractivity contribution is 6.23. The van der Waals surface area contributed by atoms with Crippen molar-refractivity contribution in [3.8, 4) is 0 Å². The van der Waals surface area contributed by atoms with E-state index in [4.69, 9.17) is 16.0 Å². The summed E-state index contributed by atoms with van der Waals surface area (Å²) in [5, 5.41) is 0. The van der Waals surface area contributed by atoms with Gasteiger partial charge in [0, 0.05) is 0 Å². The van der Waals surface area contributed by atoms with Gasteiger partial charge in [0.25, 0.3) is 0 Å². The van der Waals surface area contributed by atoms with Crippen LogP contribution in [0.1, 0.15) is 19.7 Å². The third-order valence-electron chi connectivity index (χ3n) is 0.941. The molecule has 2 nitrogen and oxygen atoms in total. The fourth-order valence-corrected chi connectivity index (χ4v) is 0.610. The van der Waals surface area contributed by atoms with Crippen LogP contribution in [0.4, 0.5) is 0 Å². The van der Waals surface area contributed by atoms with Crippen LogP contribution in [0, 0.1) is 0 Å². The van der Waals surface area contributed by atoms with E-state index >= 15 is 0 Å². The van der Waals surface area contributed by atoms with E-state index in [1.807, 2.05) is 13.8 Å². The van der Waals surface area contributed by atoms with Gasteiger partial charge in [0.2, 0.25) is 5.89 Å². The summed E-state index contributed by atoms with van der Waals surface area (Å²) >= 11 is 5.84. The summed E-state index contributed by atoms with van der Waals surface area (Å²) in [6, 6.07) is 0. The molecule has 0 spiro atoms. The summed E-state index contributed by atoms with van der Waals surface area (Å²) in [4.78, 5) is 3.41. The van der Waals surface area contributed by atoms with Gasteiger partial charge in [-0.2, -0.15) is 0 Å². The predicted molar refractivity (Wildman–Crippen MR) is 35.4 cm³/mol. The SMILES string of the molecule is CC(C)(Cl)c1ncco1. The zero-order valence-electron chi connectivity index (χ0n) is 5.39. The van der Waals surface area contributed by atoms with Gasteiger partial charge < -0.3 is 4.42 Å². The summed E-state index contributed by atoms with van der Waals surface area (Å²) < 4.78 is 4.95. The molecule has 0 amide bonds. The van der Waals surface area contributed by atoms with Crippen LogP contribution >= 0.6 is 11.6 Å². The normalized spacial score (nSPS) is 11.9. The van der Waals surface area contributed by atoms with E-state index < -0.39 is 4.87 Å². The maximum absolute atomic E-state index is 5.84. The van der Waals surface area contributed by atoms with Crippen LogP contribution in [0.25, 0.3) is 0 Å². The highest BCUT2D eigenvalue weighted by Gasteiger charge is 2.20. The fourth-order valence-electron chi connectivity index (χ4n) is 0.517. The number of hydrogen-bond acceptors (Lipinski definition) is 2. The lowest BCUT2D eigenvalue weighted by Crippen LogP contribution is -2.06. The van der Waals surface area contributed by atoms with Crippen molar-refractivity contribution in [2.75, 3.05) is 0 Å². The first-order chi connectivity index (χ1) is 4.11. The smallest absolute Gasteiger partial charge is 0.214 e. The van der Waals surface area contributed by atoms with Gasteiger partial charge in [0.05, 0.1) is 6.20 Å². The van der Waals surface area contributed by atoms with E-state index in [-0.39, 0.29) is 0 Å². The average molecular weight is 146 g/mol. The Morgan fingerprint density at radius 2 is 2.33 bits per heavy atom. The molecule has 0 radical (unpaired) electrons. The van der Waals surface area contributed by atoms with E-state index in [1.54, 1.807) is 6.20 Å². The zero-order valence-corrected chi connectivity index (χ0v) is 6.14. The van der Waals surface area contributed by atoms with Crippen molar-refractivity contribution in [1.29, 1.82) is 0 Å². The van der Waals surface area contributed by atoms with Gasteiger partial charge >= 0.3 is 0 Å². The number of rotatable bonds is 1. The van der Waals surface area contributed by atoms with Crippen LogP contribution in [0.3, 0.4) is 0 Å². The predicted octanol–water partition coefficient (Wildman–Crippen LogP) is 2.15. The quantitative estimate of drug-likeness (QED) is 0.566. The molecule has 1 rings (SSSR count). The Morgan fingerprint density at radius 1 is 1.67 bits per heavy atom. The van der Waals surface area contributed by atoms with Crippen LogP contribution in [-0.4, -0.2) is 4.98 Å². The lowest BCUT2D eigenvalue weighted by Gasteiger charge is -2.08. The van der Waals surface area contributed by atoms with Gasteiger partial charge in [-0.3, -0.25) is 0 Å². The Hall–Kier alpha value is -0.500. The van der Waals surface area contributed by atoms with Crippen molar-refractivity contribution < 1.29 is 4.42 Å². The van der Waals surface area contributed by atoms with Gasteiger partial charge in [-0.25, -0.2) is 4.98 Å². The second kappa shape index (κ2) is 2.03. The Balaban J connectivity index is 2.90. The molecule has 0 aliphatic rings. The summed E-state index contributed by atoms with van der Waals surface area (Å²) in [6.07, 6.45) is 3.10.